The highest BCUT2D eigenvalue weighted by atomic mass is 19.1. The third-order valence-corrected chi connectivity index (χ3v) is 1.40. The predicted molar refractivity (Wildman–Crippen MR) is 43.0 cm³/mol. The van der Waals surface area contributed by atoms with Crippen molar-refractivity contribution in [3.63, 3.8) is 0 Å². The summed E-state index contributed by atoms with van der Waals surface area (Å²) in [7, 11) is 0. The number of nitrogens with one attached hydrogen (secondary N) is 1. The SMILES string of the molecule is Cc1ccc(F)c(NC([NH3+])=O)c1. The van der Waals surface area contributed by atoms with Gasteiger partial charge in [0.05, 0.1) is 5.69 Å². The molecule has 0 saturated heterocycles. The molecule has 1 rings (SSSR count). The predicted octanol–water partition coefficient (Wildman–Crippen LogP) is 0.908. The van der Waals surface area contributed by atoms with Crippen molar-refractivity contribution >= 4 is 11.7 Å². The van der Waals surface area contributed by atoms with E-state index in [9.17, 15) is 9.18 Å². The molecule has 0 heterocycles. The van der Waals surface area contributed by atoms with Gasteiger partial charge in [0.15, 0.2) is 0 Å². The van der Waals surface area contributed by atoms with Crippen LogP contribution in [-0.4, -0.2) is 6.03 Å². The van der Waals surface area contributed by atoms with Gasteiger partial charge < -0.3 is 0 Å². The van der Waals surface area contributed by atoms with Gasteiger partial charge in [-0.2, -0.15) is 0 Å². The fourth-order valence-corrected chi connectivity index (χ4v) is 0.885. The van der Waals surface area contributed by atoms with E-state index in [2.05, 4.69) is 11.1 Å². The summed E-state index contributed by atoms with van der Waals surface area (Å²) >= 11 is 0. The topological polar surface area (TPSA) is 56.7 Å². The third kappa shape index (κ3) is 2.03. The molecular formula is C8H10FN2O+. The molecule has 0 saturated carbocycles. The molecule has 4 heteroatoms. The number of aryl methyl sites for hydroxylation is 1. The van der Waals surface area contributed by atoms with E-state index in [1.165, 1.54) is 6.07 Å². The minimum atomic E-state index is -0.514. The van der Waals surface area contributed by atoms with Crippen molar-refractivity contribution in [3.8, 4) is 0 Å². The Labute approximate surface area is 69.4 Å². The van der Waals surface area contributed by atoms with E-state index >= 15 is 0 Å². The second-order valence-electron chi connectivity index (χ2n) is 2.53. The van der Waals surface area contributed by atoms with Crippen LogP contribution in [0.4, 0.5) is 14.9 Å². The number of quaternary nitrogens is 1. The molecule has 0 radical (unpaired) electrons. The fraction of sp³-hybridized carbons (Fsp3) is 0.125. The molecule has 0 bridgehead atoms. The average Bonchev–Trinajstić information content (AvgIpc) is 1.96. The maximum absolute atomic E-state index is 12.9. The van der Waals surface area contributed by atoms with E-state index in [0.29, 0.717) is 0 Å². The van der Waals surface area contributed by atoms with Crippen LogP contribution in [0, 0.1) is 12.7 Å². The molecule has 0 unspecified atom stereocenters. The van der Waals surface area contributed by atoms with Gasteiger partial charge in [0, 0.05) is 0 Å². The summed E-state index contributed by atoms with van der Waals surface area (Å²) in [6.07, 6.45) is 0. The van der Waals surface area contributed by atoms with Crippen LogP contribution in [0.15, 0.2) is 18.2 Å². The lowest BCUT2D eigenvalue weighted by molar-refractivity contribution is -0.242. The number of amides is 2. The van der Waals surface area contributed by atoms with Crippen molar-refractivity contribution in [1.82, 2.24) is 0 Å². The Morgan fingerprint density at radius 3 is 2.83 bits per heavy atom. The van der Waals surface area contributed by atoms with Gasteiger partial charge in [-0.1, -0.05) is 6.07 Å². The summed E-state index contributed by atoms with van der Waals surface area (Å²) in [5.74, 6) is -0.447. The monoisotopic (exact) mass is 169 g/mol. The highest BCUT2D eigenvalue weighted by Gasteiger charge is 2.04. The van der Waals surface area contributed by atoms with Crippen LogP contribution < -0.4 is 11.1 Å². The minimum Gasteiger partial charge on any atom is -0.274 e. The molecule has 12 heavy (non-hydrogen) atoms. The number of rotatable bonds is 1. The number of benzene rings is 1. The molecule has 1 aromatic rings. The first-order chi connectivity index (χ1) is 5.59. The van der Waals surface area contributed by atoms with Gasteiger partial charge in [0.2, 0.25) is 0 Å². The molecule has 2 amide bonds. The highest BCUT2D eigenvalue weighted by molar-refractivity contribution is 5.81. The summed E-state index contributed by atoms with van der Waals surface area (Å²) in [4.78, 5) is 10.5. The van der Waals surface area contributed by atoms with Crippen LogP contribution in [0.2, 0.25) is 0 Å². The molecule has 1 aromatic carbocycles. The molecule has 0 aliphatic rings. The molecule has 4 N–H and O–H groups in total. The molecule has 0 aliphatic carbocycles. The fourth-order valence-electron chi connectivity index (χ4n) is 0.885. The Bertz CT molecular complexity index is 312. The van der Waals surface area contributed by atoms with E-state index in [0.717, 1.165) is 5.56 Å². The van der Waals surface area contributed by atoms with E-state index in [4.69, 9.17) is 0 Å². The summed E-state index contributed by atoms with van der Waals surface area (Å²) in [5.41, 5.74) is 4.15. The van der Waals surface area contributed by atoms with Crippen LogP contribution >= 0.6 is 0 Å². The van der Waals surface area contributed by atoms with E-state index in [1.807, 2.05) is 6.92 Å². The van der Waals surface area contributed by atoms with Crippen molar-refractivity contribution in [2.45, 2.75) is 6.92 Å². The first-order valence-corrected chi connectivity index (χ1v) is 3.48. The Morgan fingerprint density at radius 2 is 2.25 bits per heavy atom. The van der Waals surface area contributed by atoms with Gasteiger partial charge in [0.1, 0.15) is 5.82 Å². The van der Waals surface area contributed by atoms with E-state index in [1.54, 1.807) is 12.1 Å². The van der Waals surface area contributed by atoms with E-state index in [-0.39, 0.29) is 5.69 Å². The zero-order valence-electron chi connectivity index (χ0n) is 6.73. The van der Waals surface area contributed by atoms with Crippen LogP contribution in [0.3, 0.4) is 0 Å². The average molecular weight is 169 g/mol. The maximum Gasteiger partial charge on any atom is 0.416 e. The maximum atomic E-state index is 12.9. The Kier molecular flexibility index (Phi) is 2.40. The summed E-state index contributed by atoms with van der Waals surface area (Å²) in [6, 6.07) is 3.98. The number of halogens is 1. The number of carbonyl (C=O) groups is 1. The summed E-state index contributed by atoms with van der Waals surface area (Å²) in [5, 5.41) is 2.29. The molecule has 0 fully saturated rings. The summed E-state index contributed by atoms with van der Waals surface area (Å²) < 4.78 is 12.9. The summed E-state index contributed by atoms with van der Waals surface area (Å²) in [6.45, 7) is 1.82. The van der Waals surface area contributed by atoms with Crippen molar-refractivity contribution in [2.24, 2.45) is 0 Å². The number of anilines is 1. The second kappa shape index (κ2) is 3.32. The van der Waals surface area contributed by atoms with Gasteiger partial charge in [-0.05, 0) is 24.6 Å². The van der Waals surface area contributed by atoms with Gasteiger partial charge in [-0.15, -0.1) is 0 Å². The normalized spacial score (nSPS) is 9.58. The Balaban J connectivity index is 2.97. The smallest absolute Gasteiger partial charge is 0.274 e. The van der Waals surface area contributed by atoms with Gasteiger partial charge in [0.25, 0.3) is 0 Å². The molecule has 0 aromatic heterocycles. The number of carbonyl (C=O) groups excluding carboxylic acids is 1. The molecule has 0 atom stereocenters. The van der Waals surface area contributed by atoms with Crippen molar-refractivity contribution in [3.05, 3.63) is 29.6 Å². The Hall–Kier alpha value is -1.42. The molecule has 64 valence electrons. The number of hydrogen-bond donors (Lipinski definition) is 2. The molecule has 0 aliphatic heterocycles. The molecule has 0 spiro atoms. The van der Waals surface area contributed by atoms with Crippen LogP contribution in [0.25, 0.3) is 0 Å². The zero-order valence-corrected chi connectivity index (χ0v) is 6.73. The van der Waals surface area contributed by atoms with Crippen LogP contribution in [-0.2, 0) is 0 Å². The molecule has 3 nitrogen and oxygen atoms in total. The number of hydrogen-bond acceptors (Lipinski definition) is 1. The largest absolute Gasteiger partial charge is 0.416 e. The lowest BCUT2D eigenvalue weighted by Crippen LogP contribution is -2.59. The Morgan fingerprint density at radius 1 is 1.58 bits per heavy atom. The van der Waals surface area contributed by atoms with Crippen LogP contribution in [0.5, 0.6) is 0 Å². The lowest BCUT2D eigenvalue weighted by atomic mass is 10.2. The minimum absolute atomic E-state index is 0.176. The first kappa shape index (κ1) is 8.67. The van der Waals surface area contributed by atoms with Gasteiger partial charge in [-0.3, -0.25) is 11.1 Å². The second-order valence-corrected chi connectivity index (χ2v) is 2.53. The third-order valence-electron chi connectivity index (χ3n) is 1.40. The van der Waals surface area contributed by atoms with E-state index < -0.39 is 11.8 Å². The number of urea groups is 1. The van der Waals surface area contributed by atoms with Crippen molar-refractivity contribution in [2.75, 3.05) is 5.32 Å². The van der Waals surface area contributed by atoms with Gasteiger partial charge >= 0.3 is 6.03 Å². The van der Waals surface area contributed by atoms with Crippen LogP contribution in [0.1, 0.15) is 5.56 Å². The zero-order chi connectivity index (χ0) is 9.14. The van der Waals surface area contributed by atoms with Gasteiger partial charge in [-0.25, -0.2) is 9.18 Å². The van der Waals surface area contributed by atoms with Crippen molar-refractivity contribution in [1.29, 1.82) is 0 Å². The first-order valence-electron chi connectivity index (χ1n) is 3.48. The van der Waals surface area contributed by atoms with Crippen molar-refractivity contribution < 1.29 is 14.9 Å². The quantitative estimate of drug-likeness (QED) is 0.645. The highest BCUT2D eigenvalue weighted by Crippen LogP contribution is 2.14. The lowest BCUT2D eigenvalue weighted by Gasteiger charge is -2.01. The standard InChI is InChI=1S/C8H9FN2O/c1-5-2-3-6(9)7(4-5)11-8(10)12/h2-4H,1H3,(H3,10,11,12)/p+1. The molecular weight excluding hydrogens is 159 g/mol.